The van der Waals surface area contributed by atoms with Crippen LogP contribution in [0.2, 0.25) is 0 Å². The summed E-state index contributed by atoms with van der Waals surface area (Å²) in [6, 6.07) is 5.65. The molecular formula is C16H28NO3+. The molecule has 2 N–H and O–H groups in total. The average Bonchev–Trinajstić information content (AvgIpc) is 2.41. The quantitative estimate of drug-likeness (QED) is 0.744. The highest BCUT2D eigenvalue weighted by Crippen LogP contribution is 2.36. The van der Waals surface area contributed by atoms with Gasteiger partial charge in [-0.3, -0.25) is 0 Å². The third-order valence-electron chi connectivity index (χ3n) is 2.98. The zero-order valence-electron chi connectivity index (χ0n) is 13.4. The van der Waals surface area contributed by atoms with Gasteiger partial charge in [0.05, 0.1) is 32.9 Å². The van der Waals surface area contributed by atoms with Crippen LogP contribution >= 0.6 is 0 Å². The van der Waals surface area contributed by atoms with E-state index >= 15 is 0 Å². The molecule has 0 aliphatic carbocycles. The highest BCUT2D eigenvalue weighted by molar-refractivity contribution is 5.51. The van der Waals surface area contributed by atoms with E-state index in [2.05, 4.69) is 26.1 Å². The van der Waals surface area contributed by atoms with Crippen LogP contribution in [0, 0.1) is 0 Å². The van der Waals surface area contributed by atoms with Crippen molar-refractivity contribution in [1.82, 2.24) is 0 Å². The Kier molecular flexibility index (Phi) is 6.65. The Balaban J connectivity index is 2.38. The molecule has 1 aromatic rings. The molecule has 0 atom stereocenters. The normalized spacial score (nSPS) is 11.2. The van der Waals surface area contributed by atoms with Crippen molar-refractivity contribution >= 4 is 0 Å². The van der Waals surface area contributed by atoms with Crippen LogP contribution in [0.3, 0.4) is 0 Å². The molecule has 0 aromatic heterocycles. The summed E-state index contributed by atoms with van der Waals surface area (Å²) in [6.07, 6.45) is 2.16. The zero-order chi connectivity index (χ0) is 15.0. The topological polar surface area (TPSA) is 44.3 Å². The predicted octanol–water partition coefficient (Wildman–Crippen LogP) is 2.22. The number of rotatable bonds is 8. The van der Waals surface area contributed by atoms with Crippen molar-refractivity contribution in [2.24, 2.45) is 0 Å². The Morgan fingerprint density at radius 2 is 1.60 bits per heavy atom. The molecule has 1 aromatic carbocycles. The number of quaternary nitrogens is 1. The van der Waals surface area contributed by atoms with E-state index in [1.807, 2.05) is 18.2 Å². The first-order valence-corrected chi connectivity index (χ1v) is 7.16. The minimum atomic E-state index is 0.298. The molecule has 20 heavy (non-hydrogen) atoms. The maximum absolute atomic E-state index is 5.82. The van der Waals surface area contributed by atoms with Gasteiger partial charge >= 0.3 is 0 Å². The molecule has 0 saturated carbocycles. The van der Waals surface area contributed by atoms with Gasteiger partial charge in [0.2, 0.25) is 5.75 Å². The Morgan fingerprint density at radius 3 is 2.10 bits per heavy atom. The number of hydrogen-bond acceptors (Lipinski definition) is 3. The van der Waals surface area contributed by atoms with Gasteiger partial charge in [0, 0.05) is 0 Å². The van der Waals surface area contributed by atoms with Gasteiger partial charge in [0.1, 0.15) is 0 Å². The van der Waals surface area contributed by atoms with Crippen molar-refractivity contribution in [2.75, 3.05) is 27.4 Å². The average molecular weight is 282 g/mol. The largest absolute Gasteiger partial charge is 0.493 e. The van der Waals surface area contributed by atoms with Gasteiger partial charge < -0.3 is 19.5 Å². The minimum Gasteiger partial charge on any atom is -0.493 e. The van der Waals surface area contributed by atoms with Crippen molar-refractivity contribution in [1.29, 1.82) is 0 Å². The molecule has 114 valence electrons. The molecule has 0 aliphatic heterocycles. The highest BCUT2D eigenvalue weighted by Gasteiger charge is 2.13. The summed E-state index contributed by atoms with van der Waals surface area (Å²) in [5, 5.41) is 2.36. The molecule has 4 nitrogen and oxygen atoms in total. The first-order valence-electron chi connectivity index (χ1n) is 7.16. The van der Waals surface area contributed by atoms with E-state index < -0.39 is 0 Å². The first kappa shape index (κ1) is 16.6. The maximum atomic E-state index is 5.82. The fraction of sp³-hybridized carbons (Fsp3) is 0.625. The van der Waals surface area contributed by atoms with Crippen LogP contribution in [0.4, 0.5) is 0 Å². The third-order valence-corrected chi connectivity index (χ3v) is 2.98. The van der Waals surface area contributed by atoms with Gasteiger partial charge in [-0.1, -0.05) is 6.07 Å². The van der Waals surface area contributed by atoms with Crippen molar-refractivity contribution < 1.29 is 19.5 Å². The molecule has 0 spiro atoms. The van der Waals surface area contributed by atoms with Crippen LogP contribution in [0.25, 0.3) is 0 Å². The first-order chi connectivity index (χ1) is 9.48. The summed E-state index contributed by atoms with van der Waals surface area (Å²) in [4.78, 5) is 0. The van der Waals surface area contributed by atoms with Crippen molar-refractivity contribution in [3.63, 3.8) is 0 Å². The lowest BCUT2D eigenvalue weighted by Gasteiger charge is -2.17. The van der Waals surface area contributed by atoms with E-state index in [4.69, 9.17) is 14.2 Å². The van der Waals surface area contributed by atoms with E-state index in [-0.39, 0.29) is 0 Å². The van der Waals surface area contributed by atoms with Crippen LogP contribution in [0.15, 0.2) is 18.2 Å². The standard InChI is InChI=1S/C16H27NO3/c1-16(2,3)17-11-6-7-12-20-15-13(18-4)9-8-10-14(15)19-5/h8-10,17H,6-7,11-12H2,1-5H3/p+1. The lowest BCUT2D eigenvalue weighted by Crippen LogP contribution is -2.94. The monoisotopic (exact) mass is 282 g/mol. The summed E-state index contributed by atoms with van der Waals surface area (Å²) >= 11 is 0. The maximum Gasteiger partial charge on any atom is 0.203 e. The summed E-state index contributed by atoms with van der Waals surface area (Å²) in [5.41, 5.74) is 0.298. The van der Waals surface area contributed by atoms with Gasteiger partial charge in [-0.05, 0) is 45.7 Å². The number of ether oxygens (including phenoxy) is 3. The Bertz CT molecular complexity index is 377. The van der Waals surface area contributed by atoms with Crippen LogP contribution in [0.5, 0.6) is 17.2 Å². The number of nitrogens with two attached hydrogens (primary N) is 1. The second-order valence-electron chi connectivity index (χ2n) is 5.91. The van der Waals surface area contributed by atoms with Crippen molar-refractivity contribution in [2.45, 2.75) is 39.2 Å². The van der Waals surface area contributed by atoms with E-state index in [9.17, 15) is 0 Å². The van der Waals surface area contributed by atoms with Crippen molar-refractivity contribution in [3.8, 4) is 17.2 Å². The summed E-state index contributed by atoms with van der Waals surface area (Å²) < 4.78 is 16.4. The SMILES string of the molecule is COc1cccc(OC)c1OCCCC[NH2+]C(C)(C)C. The summed E-state index contributed by atoms with van der Waals surface area (Å²) in [7, 11) is 3.28. The second kappa shape index (κ2) is 8.00. The number of benzene rings is 1. The highest BCUT2D eigenvalue weighted by atomic mass is 16.5. The molecule has 0 heterocycles. The zero-order valence-corrected chi connectivity index (χ0v) is 13.4. The summed E-state index contributed by atoms with van der Waals surface area (Å²) in [6.45, 7) is 8.47. The van der Waals surface area contributed by atoms with Crippen molar-refractivity contribution in [3.05, 3.63) is 18.2 Å². The molecule has 0 radical (unpaired) electrons. The number of unbranched alkanes of at least 4 members (excludes halogenated alkanes) is 1. The second-order valence-corrected chi connectivity index (χ2v) is 5.91. The lowest BCUT2D eigenvalue weighted by molar-refractivity contribution is -0.717. The van der Waals surface area contributed by atoms with E-state index in [1.165, 1.54) is 0 Å². The number of methoxy groups -OCH3 is 2. The van der Waals surface area contributed by atoms with Crippen LogP contribution < -0.4 is 19.5 Å². The summed E-state index contributed by atoms with van der Waals surface area (Å²) in [5.74, 6) is 2.12. The molecule has 0 unspecified atom stereocenters. The fourth-order valence-electron chi connectivity index (χ4n) is 1.92. The lowest BCUT2D eigenvalue weighted by atomic mass is 10.1. The Morgan fingerprint density at radius 1 is 1.00 bits per heavy atom. The molecule has 0 bridgehead atoms. The molecule has 0 saturated heterocycles. The van der Waals surface area contributed by atoms with E-state index in [1.54, 1.807) is 14.2 Å². The van der Waals surface area contributed by atoms with Gasteiger partial charge in [-0.15, -0.1) is 0 Å². The van der Waals surface area contributed by atoms with Crippen LogP contribution in [0.1, 0.15) is 33.6 Å². The van der Waals surface area contributed by atoms with Gasteiger partial charge in [-0.2, -0.15) is 0 Å². The molecule has 4 heteroatoms. The molecule has 1 rings (SSSR count). The number of hydrogen-bond donors (Lipinski definition) is 1. The Hall–Kier alpha value is -1.42. The fourth-order valence-corrected chi connectivity index (χ4v) is 1.92. The van der Waals surface area contributed by atoms with Gasteiger partial charge in [0.25, 0.3) is 0 Å². The number of para-hydroxylation sites is 1. The van der Waals surface area contributed by atoms with Crippen LogP contribution in [-0.2, 0) is 0 Å². The molecule has 0 fully saturated rings. The minimum absolute atomic E-state index is 0.298. The molecular weight excluding hydrogens is 254 g/mol. The van der Waals surface area contributed by atoms with Gasteiger partial charge in [0.15, 0.2) is 11.5 Å². The molecule has 0 amide bonds. The van der Waals surface area contributed by atoms with E-state index in [0.29, 0.717) is 29.4 Å². The smallest absolute Gasteiger partial charge is 0.203 e. The van der Waals surface area contributed by atoms with Crippen LogP contribution in [-0.4, -0.2) is 32.9 Å². The Labute approximate surface area is 122 Å². The predicted molar refractivity (Wildman–Crippen MR) is 80.8 cm³/mol. The van der Waals surface area contributed by atoms with Gasteiger partial charge in [-0.25, -0.2) is 0 Å². The molecule has 0 aliphatic rings. The third kappa shape index (κ3) is 5.70. The van der Waals surface area contributed by atoms with E-state index in [0.717, 1.165) is 19.4 Å².